The lowest BCUT2D eigenvalue weighted by molar-refractivity contribution is 1.15. The van der Waals surface area contributed by atoms with E-state index < -0.39 is 0 Å². The molecule has 0 atom stereocenters. The molecule has 0 aliphatic carbocycles. The van der Waals surface area contributed by atoms with Crippen molar-refractivity contribution in [3.8, 4) is 40.3 Å². The fraction of sp³-hybridized carbons (Fsp3) is 0. The molecule has 254 valence electrons. The van der Waals surface area contributed by atoms with Crippen molar-refractivity contribution in [2.24, 2.45) is 0 Å². The summed E-state index contributed by atoms with van der Waals surface area (Å²) in [7, 11) is 0. The van der Waals surface area contributed by atoms with Crippen LogP contribution in [0, 0.1) is 22.7 Å². The Kier molecular flexibility index (Phi) is 6.61. The first kappa shape index (κ1) is 30.7. The van der Waals surface area contributed by atoms with Crippen LogP contribution in [0.25, 0.3) is 93.6 Å². The van der Waals surface area contributed by atoms with Gasteiger partial charge in [0.05, 0.1) is 56.4 Å². The van der Waals surface area contributed by atoms with E-state index in [0.29, 0.717) is 11.1 Å². The van der Waals surface area contributed by atoms with Crippen LogP contribution < -0.4 is 0 Å². The minimum atomic E-state index is 0.619. The molecule has 0 saturated heterocycles. The molecule has 0 fully saturated rings. The van der Waals surface area contributed by atoms with Gasteiger partial charge in [-0.15, -0.1) is 0 Å². The average molecular weight is 700 g/mol. The number of benzene rings is 8. The van der Waals surface area contributed by atoms with Gasteiger partial charge >= 0.3 is 0 Å². The summed E-state index contributed by atoms with van der Waals surface area (Å²) in [4.78, 5) is 0. The number of hydrogen-bond donors (Lipinski definition) is 0. The molecule has 3 aromatic heterocycles. The maximum atomic E-state index is 10.3. The van der Waals surface area contributed by atoms with Crippen molar-refractivity contribution in [1.29, 1.82) is 10.5 Å². The molecule has 0 aliphatic rings. The van der Waals surface area contributed by atoms with Crippen LogP contribution in [-0.4, -0.2) is 13.7 Å². The van der Waals surface area contributed by atoms with Gasteiger partial charge in [-0.25, -0.2) is 0 Å². The van der Waals surface area contributed by atoms with Gasteiger partial charge in [0.25, 0.3) is 0 Å². The second-order valence-electron chi connectivity index (χ2n) is 14.0. The van der Waals surface area contributed by atoms with Gasteiger partial charge in [-0.1, -0.05) is 91.0 Å². The van der Waals surface area contributed by atoms with Crippen molar-refractivity contribution in [3.63, 3.8) is 0 Å². The lowest BCUT2D eigenvalue weighted by Gasteiger charge is -2.14. The van der Waals surface area contributed by atoms with E-state index in [4.69, 9.17) is 0 Å². The second kappa shape index (κ2) is 11.8. The van der Waals surface area contributed by atoms with Crippen molar-refractivity contribution in [1.82, 2.24) is 13.7 Å². The number of fused-ring (bicyclic) bond motifs is 9. The summed E-state index contributed by atoms with van der Waals surface area (Å²) >= 11 is 0. The van der Waals surface area contributed by atoms with Crippen molar-refractivity contribution >= 4 is 65.4 Å². The predicted octanol–water partition coefficient (Wildman–Crippen LogP) is 12.4. The average Bonchev–Trinajstić information content (AvgIpc) is 3.88. The molecule has 0 bridgehead atoms. The normalized spacial score (nSPS) is 11.6. The fourth-order valence-electron chi connectivity index (χ4n) is 8.70. The number of nitrogens with zero attached hydrogens (tertiary/aromatic N) is 5. The molecular formula is C50H29N5. The van der Waals surface area contributed by atoms with Crippen LogP contribution in [0.1, 0.15) is 11.1 Å². The van der Waals surface area contributed by atoms with Gasteiger partial charge in [-0.2, -0.15) is 10.5 Å². The highest BCUT2D eigenvalue weighted by Gasteiger charge is 2.18. The summed E-state index contributed by atoms with van der Waals surface area (Å²) < 4.78 is 6.90. The fourth-order valence-corrected chi connectivity index (χ4v) is 8.70. The Labute approximate surface area is 316 Å². The largest absolute Gasteiger partial charge is 0.309 e. The van der Waals surface area contributed by atoms with E-state index in [1.807, 2.05) is 30.3 Å². The molecular weight excluding hydrogens is 671 g/mol. The number of para-hydroxylation sites is 4. The molecule has 0 spiro atoms. The Hall–Kier alpha value is -7.86. The van der Waals surface area contributed by atoms with Crippen molar-refractivity contribution in [2.45, 2.75) is 0 Å². The van der Waals surface area contributed by atoms with E-state index >= 15 is 0 Å². The van der Waals surface area contributed by atoms with Crippen LogP contribution in [-0.2, 0) is 0 Å². The zero-order valence-corrected chi connectivity index (χ0v) is 29.5. The van der Waals surface area contributed by atoms with Gasteiger partial charge in [0.1, 0.15) is 0 Å². The Bertz CT molecular complexity index is 3350. The van der Waals surface area contributed by atoms with E-state index in [0.717, 1.165) is 72.1 Å². The van der Waals surface area contributed by atoms with Crippen LogP contribution in [0.15, 0.2) is 176 Å². The summed E-state index contributed by atoms with van der Waals surface area (Å²) in [6.07, 6.45) is 0. The standard InChI is InChI=1S/C50H29N5/c51-30-32-17-26-49-44(27-32)42-25-24-37(55-47-15-7-3-11-40(47)41-12-4-8-16-48(41)55)29-50(42)53(49)35-21-18-33(19-22-35)43-28-36(23-20-34(43)31-52)54-45-13-5-1-9-38(45)39-10-2-6-14-46(39)54/h1-29H. The smallest absolute Gasteiger partial charge is 0.0998 e. The predicted molar refractivity (Wildman–Crippen MR) is 224 cm³/mol. The van der Waals surface area contributed by atoms with Crippen LogP contribution in [0.3, 0.4) is 0 Å². The molecule has 0 aliphatic heterocycles. The molecule has 8 aromatic carbocycles. The van der Waals surface area contributed by atoms with E-state index in [-0.39, 0.29) is 0 Å². The van der Waals surface area contributed by atoms with Gasteiger partial charge in [0, 0.05) is 54.9 Å². The molecule has 0 saturated carbocycles. The van der Waals surface area contributed by atoms with Crippen molar-refractivity contribution in [2.75, 3.05) is 0 Å². The third-order valence-corrected chi connectivity index (χ3v) is 11.1. The topological polar surface area (TPSA) is 62.4 Å². The summed E-state index contributed by atoms with van der Waals surface area (Å²) in [6, 6.07) is 66.0. The Balaban J connectivity index is 1.09. The van der Waals surface area contributed by atoms with Crippen molar-refractivity contribution in [3.05, 3.63) is 187 Å². The van der Waals surface area contributed by atoms with Gasteiger partial charge in [-0.05, 0) is 90.5 Å². The molecule has 11 aromatic rings. The van der Waals surface area contributed by atoms with Gasteiger partial charge in [-0.3, -0.25) is 0 Å². The summed E-state index contributed by atoms with van der Waals surface area (Å²) in [5.74, 6) is 0. The van der Waals surface area contributed by atoms with Gasteiger partial charge in [0.15, 0.2) is 0 Å². The first-order valence-corrected chi connectivity index (χ1v) is 18.3. The Morgan fingerprint density at radius 2 is 0.782 bits per heavy atom. The van der Waals surface area contributed by atoms with E-state index in [2.05, 4.69) is 171 Å². The number of aromatic nitrogens is 3. The van der Waals surface area contributed by atoms with Gasteiger partial charge in [0.2, 0.25) is 0 Å². The van der Waals surface area contributed by atoms with Gasteiger partial charge < -0.3 is 13.7 Å². The monoisotopic (exact) mass is 699 g/mol. The van der Waals surface area contributed by atoms with Crippen molar-refractivity contribution < 1.29 is 0 Å². The third-order valence-electron chi connectivity index (χ3n) is 11.1. The highest BCUT2D eigenvalue weighted by Crippen LogP contribution is 2.39. The Morgan fingerprint density at radius 1 is 0.327 bits per heavy atom. The van der Waals surface area contributed by atoms with E-state index in [1.165, 1.54) is 21.5 Å². The first-order valence-electron chi connectivity index (χ1n) is 18.3. The maximum Gasteiger partial charge on any atom is 0.0998 e. The Morgan fingerprint density at radius 3 is 1.33 bits per heavy atom. The summed E-state index contributed by atoms with van der Waals surface area (Å²) in [5, 5.41) is 27.0. The zero-order valence-electron chi connectivity index (χ0n) is 29.5. The van der Waals surface area contributed by atoms with Crippen LogP contribution in [0.4, 0.5) is 0 Å². The van der Waals surface area contributed by atoms with E-state index in [1.54, 1.807) is 0 Å². The lowest BCUT2D eigenvalue weighted by atomic mass is 9.99. The molecule has 55 heavy (non-hydrogen) atoms. The first-order chi connectivity index (χ1) is 27.2. The number of nitriles is 2. The minimum Gasteiger partial charge on any atom is -0.309 e. The lowest BCUT2D eigenvalue weighted by Crippen LogP contribution is -1.98. The van der Waals surface area contributed by atoms with Crippen LogP contribution in [0.5, 0.6) is 0 Å². The highest BCUT2D eigenvalue weighted by molar-refractivity contribution is 6.12. The molecule has 0 radical (unpaired) electrons. The molecule has 0 unspecified atom stereocenters. The molecule has 5 nitrogen and oxygen atoms in total. The zero-order chi connectivity index (χ0) is 36.6. The molecule has 11 rings (SSSR count). The number of hydrogen-bond acceptors (Lipinski definition) is 2. The highest BCUT2D eigenvalue weighted by atomic mass is 15.0. The molecule has 5 heteroatoms. The van der Waals surface area contributed by atoms with Crippen LogP contribution in [0.2, 0.25) is 0 Å². The summed E-state index contributed by atoms with van der Waals surface area (Å²) in [6.45, 7) is 0. The molecule has 3 heterocycles. The second-order valence-corrected chi connectivity index (χ2v) is 14.0. The molecule has 0 amide bonds. The van der Waals surface area contributed by atoms with Crippen LogP contribution >= 0.6 is 0 Å². The minimum absolute atomic E-state index is 0.619. The molecule has 0 N–H and O–H groups in total. The summed E-state index contributed by atoms with van der Waals surface area (Å²) in [5.41, 5.74) is 12.8. The third kappa shape index (κ3) is 4.51. The number of rotatable bonds is 4. The van der Waals surface area contributed by atoms with E-state index in [9.17, 15) is 10.5 Å². The SMILES string of the molecule is N#Cc1ccc2c(c1)c1ccc(-n3c4ccccc4c4ccccc43)cc1n2-c1ccc(-c2cc(-n3c4ccccc4c4ccccc43)ccc2C#N)cc1. The quantitative estimate of drug-likeness (QED) is 0.184. The maximum absolute atomic E-state index is 10.3.